The van der Waals surface area contributed by atoms with Gasteiger partial charge in [0.15, 0.2) is 18.2 Å². The largest absolute Gasteiger partial charge is 0.481 e. The third kappa shape index (κ3) is 4.87. The Balaban J connectivity index is 2.64. The highest BCUT2D eigenvalue weighted by Crippen LogP contribution is 2.18. The Bertz CT molecular complexity index is 490. The van der Waals surface area contributed by atoms with Crippen LogP contribution in [0.3, 0.4) is 0 Å². The fourth-order valence-corrected chi connectivity index (χ4v) is 1.68. The lowest BCUT2D eigenvalue weighted by Crippen LogP contribution is -2.39. The first kappa shape index (κ1) is 15.9. The van der Waals surface area contributed by atoms with Crippen LogP contribution < -0.4 is 4.74 Å². The van der Waals surface area contributed by atoms with Crippen LogP contribution in [0.15, 0.2) is 18.2 Å². The minimum atomic E-state index is -1.09. The molecular formula is C14H18FNO4. The monoisotopic (exact) mass is 283 g/mol. The highest BCUT2D eigenvalue weighted by molar-refractivity contribution is 5.82. The number of amides is 1. The number of ether oxygens (including phenoxy) is 1. The zero-order valence-electron chi connectivity index (χ0n) is 11.6. The van der Waals surface area contributed by atoms with E-state index in [1.807, 2.05) is 6.92 Å². The second-order valence-electron chi connectivity index (χ2n) is 4.43. The number of rotatable bonds is 7. The number of nitrogens with zero attached hydrogens (tertiary/aromatic N) is 1. The van der Waals surface area contributed by atoms with Crippen LogP contribution in [0.4, 0.5) is 4.39 Å². The SMILES string of the molecule is CCCN(CC(=O)O)C(=O)COc1cc(C)ccc1F. The summed E-state index contributed by atoms with van der Waals surface area (Å²) in [5.41, 5.74) is 0.810. The Kier molecular flexibility index (Phi) is 5.96. The van der Waals surface area contributed by atoms with Gasteiger partial charge in [0, 0.05) is 6.54 Å². The van der Waals surface area contributed by atoms with Gasteiger partial charge in [-0.1, -0.05) is 13.0 Å². The Morgan fingerprint density at radius 3 is 2.70 bits per heavy atom. The van der Waals surface area contributed by atoms with Crippen LogP contribution in [-0.4, -0.2) is 41.6 Å². The maximum Gasteiger partial charge on any atom is 0.323 e. The lowest BCUT2D eigenvalue weighted by molar-refractivity contribution is -0.145. The van der Waals surface area contributed by atoms with Gasteiger partial charge in [-0.05, 0) is 31.0 Å². The summed E-state index contributed by atoms with van der Waals surface area (Å²) in [6.07, 6.45) is 0.637. The van der Waals surface area contributed by atoms with Gasteiger partial charge in [-0.3, -0.25) is 9.59 Å². The zero-order valence-corrected chi connectivity index (χ0v) is 11.6. The second kappa shape index (κ2) is 7.47. The van der Waals surface area contributed by atoms with E-state index >= 15 is 0 Å². The van der Waals surface area contributed by atoms with E-state index < -0.39 is 17.7 Å². The van der Waals surface area contributed by atoms with Crippen LogP contribution in [0.2, 0.25) is 0 Å². The molecule has 5 nitrogen and oxygen atoms in total. The van der Waals surface area contributed by atoms with Crippen molar-refractivity contribution in [1.29, 1.82) is 0 Å². The number of carbonyl (C=O) groups is 2. The summed E-state index contributed by atoms with van der Waals surface area (Å²) in [6, 6.07) is 4.35. The number of aryl methyl sites for hydroxylation is 1. The molecule has 110 valence electrons. The van der Waals surface area contributed by atoms with Gasteiger partial charge in [-0.25, -0.2) is 4.39 Å². The van der Waals surface area contributed by atoms with Gasteiger partial charge < -0.3 is 14.7 Å². The van der Waals surface area contributed by atoms with Crippen LogP contribution in [0.5, 0.6) is 5.75 Å². The first-order valence-electron chi connectivity index (χ1n) is 6.32. The maximum absolute atomic E-state index is 13.4. The van der Waals surface area contributed by atoms with Crippen molar-refractivity contribution in [2.45, 2.75) is 20.3 Å². The Labute approximate surface area is 117 Å². The maximum atomic E-state index is 13.4. The standard InChI is InChI=1S/C14H18FNO4/c1-3-6-16(8-14(18)19)13(17)9-20-12-7-10(2)4-5-11(12)15/h4-5,7H,3,6,8-9H2,1-2H3,(H,18,19). The van der Waals surface area contributed by atoms with Crippen molar-refractivity contribution in [3.8, 4) is 5.75 Å². The third-order valence-corrected chi connectivity index (χ3v) is 2.61. The molecule has 0 saturated carbocycles. The summed E-state index contributed by atoms with van der Waals surface area (Å²) in [4.78, 5) is 23.7. The molecule has 0 aromatic heterocycles. The fraction of sp³-hybridized carbons (Fsp3) is 0.429. The summed E-state index contributed by atoms with van der Waals surface area (Å²) < 4.78 is 18.6. The number of hydrogen-bond acceptors (Lipinski definition) is 3. The van der Waals surface area contributed by atoms with Gasteiger partial charge in [0.2, 0.25) is 0 Å². The van der Waals surface area contributed by atoms with Crippen molar-refractivity contribution in [1.82, 2.24) is 4.90 Å². The average Bonchev–Trinajstić information content (AvgIpc) is 2.38. The van der Waals surface area contributed by atoms with Crippen molar-refractivity contribution in [3.63, 3.8) is 0 Å². The summed E-state index contributed by atoms with van der Waals surface area (Å²) in [5.74, 6) is -2.13. The summed E-state index contributed by atoms with van der Waals surface area (Å²) in [7, 11) is 0. The molecule has 20 heavy (non-hydrogen) atoms. The zero-order chi connectivity index (χ0) is 15.1. The van der Waals surface area contributed by atoms with E-state index in [0.717, 1.165) is 5.56 Å². The van der Waals surface area contributed by atoms with Crippen molar-refractivity contribution < 1.29 is 23.8 Å². The number of aliphatic carboxylic acids is 1. The van der Waals surface area contributed by atoms with Crippen LogP contribution in [0, 0.1) is 12.7 Å². The van der Waals surface area contributed by atoms with E-state index in [2.05, 4.69) is 0 Å². The van der Waals surface area contributed by atoms with Crippen LogP contribution in [0.25, 0.3) is 0 Å². The minimum absolute atomic E-state index is 0.00914. The fourth-order valence-electron chi connectivity index (χ4n) is 1.68. The highest BCUT2D eigenvalue weighted by atomic mass is 19.1. The van der Waals surface area contributed by atoms with E-state index in [1.54, 1.807) is 13.0 Å². The Hall–Kier alpha value is -2.11. The molecule has 0 aliphatic heterocycles. The third-order valence-electron chi connectivity index (χ3n) is 2.61. The van der Waals surface area contributed by atoms with Gasteiger partial charge in [0.1, 0.15) is 6.54 Å². The molecule has 6 heteroatoms. The first-order chi connectivity index (χ1) is 9.43. The van der Waals surface area contributed by atoms with E-state index in [9.17, 15) is 14.0 Å². The van der Waals surface area contributed by atoms with Crippen molar-refractivity contribution in [3.05, 3.63) is 29.6 Å². The molecule has 0 saturated heterocycles. The molecule has 0 spiro atoms. The molecule has 0 aliphatic rings. The number of benzene rings is 1. The Morgan fingerprint density at radius 1 is 1.40 bits per heavy atom. The summed E-state index contributed by atoms with van der Waals surface area (Å²) in [6.45, 7) is 3.18. The second-order valence-corrected chi connectivity index (χ2v) is 4.43. The molecule has 1 N–H and O–H groups in total. The molecule has 0 radical (unpaired) electrons. The van der Waals surface area contributed by atoms with Crippen LogP contribution in [-0.2, 0) is 9.59 Å². The van der Waals surface area contributed by atoms with Gasteiger partial charge in [0.25, 0.3) is 5.91 Å². The topological polar surface area (TPSA) is 66.8 Å². The van der Waals surface area contributed by atoms with Crippen molar-refractivity contribution >= 4 is 11.9 Å². The first-order valence-corrected chi connectivity index (χ1v) is 6.32. The lowest BCUT2D eigenvalue weighted by Gasteiger charge is -2.20. The number of hydrogen-bond donors (Lipinski definition) is 1. The summed E-state index contributed by atoms with van der Waals surface area (Å²) >= 11 is 0. The molecule has 1 aromatic carbocycles. The van der Waals surface area contributed by atoms with E-state index in [-0.39, 0.29) is 18.9 Å². The van der Waals surface area contributed by atoms with Crippen LogP contribution in [0.1, 0.15) is 18.9 Å². The molecule has 0 heterocycles. The number of halogens is 1. The molecule has 0 unspecified atom stereocenters. The normalized spacial score (nSPS) is 10.2. The molecular weight excluding hydrogens is 265 g/mol. The van der Waals surface area contributed by atoms with Gasteiger partial charge >= 0.3 is 5.97 Å². The Morgan fingerprint density at radius 2 is 2.10 bits per heavy atom. The number of carboxylic acids is 1. The minimum Gasteiger partial charge on any atom is -0.481 e. The molecule has 0 fully saturated rings. The molecule has 0 atom stereocenters. The quantitative estimate of drug-likeness (QED) is 0.829. The lowest BCUT2D eigenvalue weighted by atomic mass is 10.2. The van der Waals surface area contributed by atoms with Crippen LogP contribution >= 0.6 is 0 Å². The van der Waals surface area contributed by atoms with Gasteiger partial charge in [-0.15, -0.1) is 0 Å². The molecule has 0 bridgehead atoms. The van der Waals surface area contributed by atoms with Gasteiger partial charge in [-0.2, -0.15) is 0 Å². The predicted molar refractivity (Wildman–Crippen MR) is 71.1 cm³/mol. The van der Waals surface area contributed by atoms with Gasteiger partial charge in [0.05, 0.1) is 0 Å². The van der Waals surface area contributed by atoms with Crippen molar-refractivity contribution in [2.24, 2.45) is 0 Å². The van der Waals surface area contributed by atoms with E-state index in [1.165, 1.54) is 17.0 Å². The van der Waals surface area contributed by atoms with E-state index in [0.29, 0.717) is 13.0 Å². The molecule has 1 aromatic rings. The molecule has 1 amide bonds. The number of carbonyl (C=O) groups excluding carboxylic acids is 1. The van der Waals surface area contributed by atoms with Crippen molar-refractivity contribution in [2.75, 3.05) is 19.7 Å². The average molecular weight is 283 g/mol. The predicted octanol–water partition coefficient (Wildman–Crippen LogP) is 1.84. The smallest absolute Gasteiger partial charge is 0.323 e. The molecule has 0 aliphatic carbocycles. The van der Waals surface area contributed by atoms with E-state index in [4.69, 9.17) is 9.84 Å². The molecule has 1 rings (SSSR count). The number of carboxylic acid groups (broad SMARTS) is 1. The summed E-state index contributed by atoms with van der Waals surface area (Å²) in [5, 5.41) is 8.73. The highest BCUT2D eigenvalue weighted by Gasteiger charge is 2.17.